The predicted octanol–water partition coefficient (Wildman–Crippen LogP) is 2.87. The Balaban J connectivity index is 1.61. The van der Waals surface area contributed by atoms with Crippen molar-refractivity contribution in [1.82, 2.24) is 30.4 Å². The number of nitrogens with zero attached hydrogens (tertiary/aromatic N) is 4. The Bertz CT molecular complexity index is 913. The van der Waals surface area contributed by atoms with Crippen LogP contribution < -0.4 is 5.32 Å². The third kappa shape index (κ3) is 2.87. The molecule has 24 heavy (non-hydrogen) atoms. The van der Waals surface area contributed by atoms with E-state index < -0.39 is 0 Å². The van der Waals surface area contributed by atoms with Crippen LogP contribution in [-0.4, -0.2) is 30.4 Å². The van der Waals surface area contributed by atoms with Crippen LogP contribution in [0.3, 0.4) is 0 Å². The summed E-state index contributed by atoms with van der Waals surface area (Å²) in [6, 6.07) is 11.8. The molecule has 0 atom stereocenters. The van der Waals surface area contributed by atoms with Gasteiger partial charge in [-0.15, -0.1) is 0 Å². The number of rotatable bonds is 5. The Labute approximate surface area is 138 Å². The summed E-state index contributed by atoms with van der Waals surface area (Å²) in [5.41, 5.74) is 3.90. The molecule has 0 unspecified atom stereocenters. The molecule has 7 heteroatoms. The van der Waals surface area contributed by atoms with Gasteiger partial charge in [-0.05, 0) is 24.3 Å². The Morgan fingerprint density at radius 3 is 2.83 bits per heavy atom. The second-order valence-corrected chi connectivity index (χ2v) is 5.26. The second kappa shape index (κ2) is 6.33. The maximum absolute atomic E-state index is 4.59. The zero-order valence-electron chi connectivity index (χ0n) is 12.8. The van der Waals surface area contributed by atoms with Gasteiger partial charge in [0.05, 0.1) is 6.20 Å². The number of anilines is 1. The van der Waals surface area contributed by atoms with Gasteiger partial charge in [-0.3, -0.25) is 15.2 Å². The summed E-state index contributed by atoms with van der Waals surface area (Å²) in [5.74, 6) is 1.34. The van der Waals surface area contributed by atoms with Crippen LogP contribution in [0.25, 0.3) is 22.8 Å². The van der Waals surface area contributed by atoms with Gasteiger partial charge in [-0.2, -0.15) is 10.2 Å². The highest BCUT2D eigenvalue weighted by Gasteiger charge is 2.11. The molecular weight excluding hydrogens is 302 g/mol. The number of para-hydroxylation sites is 1. The molecule has 0 spiro atoms. The lowest BCUT2D eigenvalue weighted by Gasteiger charge is -2.09. The number of hydrogen-bond acceptors (Lipinski definition) is 5. The minimum atomic E-state index is 0.628. The highest BCUT2D eigenvalue weighted by Crippen LogP contribution is 2.26. The molecule has 0 radical (unpaired) electrons. The standard InChI is InChI=1S/C17H15N7/c1-2-6-15(19-8-12-9-20-21-10-12)14(5-1)17-22-16(23-24-17)13-4-3-7-18-11-13/h1-7,9-11,19H,8H2,(H,20,21)(H,22,23,24). The van der Waals surface area contributed by atoms with Crippen LogP contribution in [0, 0.1) is 0 Å². The molecular formula is C17H15N7. The van der Waals surface area contributed by atoms with Crippen molar-refractivity contribution in [3.05, 3.63) is 66.7 Å². The maximum atomic E-state index is 4.59. The van der Waals surface area contributed by atoms with Crippen molar-refractivity contribution in [3.8, 4) is 22.8 Å². The summed E-state index contributed by atoms with van der Waals surface area (Å²) in [5, 5.41) is 17.5. The van der Waals surface area contributed by atoms with Gasteiger partial charge in [0.2, 0.25) is 0 Å². The van der Waals surface area contributed by atoms with Crippen molar-refractivity contribution in [2.45, 2.75) is 6.54 Å². The largest absolute Gasteiger partial charge is 0.380 e. The quantitative estimate of drug-likeness (QED) is 0.526. The van der Waals surface area contributed by atoms with Crippen LogP contribution in [0.1, 0.15) is 5.56 Å². The van der Waals surface area contributed by atoms with E-state index in [-0.39, 0.29) is 0 Å². The average Bonchev–Trinajstić information content (AvgIpc) is 3.33. The maximum Gasteiger partial charge on any atom is 0.183 e. The molecule has 3 aromatic heterocycles. The second-order valence-electron chi connectivity index (χ2n) is 5.26. The van der Waals surface area contributed by atoms with Crippen molar-refractivity contribution >= 4 is 5.69 Å². The Kier molecular flexibility index (Phi) is 3.73. The smallest absolute Gasteiger partial charge is 0.183 e. The number of nitrogens with one attached hydrogen (secondary N) is 3. The summed E-state index contributed by atoms with van der Waals surface area (Å²) in [7, 11) is 0. The molecule has 3 N–H and O–H groups in total. The number of hydrogen-bond donors (Lipinski definition) is 3. The Morgan fingerprint density at radius 1 is 1.04 bits per heavy atom. The van der Waals surface area contributed by atoms with E-state index in [1.165, 1.54) is 0 Å². The minimum absolute atomic E-state index is 0.628. The summed E-state index contributed by atoms with van der Waals surface area (Å²) < 4.78 is 0. The number of benzene rings is 1. The summed E-state index contributed by atoms with van der Waals surface area (Å²) in [4.78, 5) is 8.69. The fourth-order valence-corrected chi connectivity index (χ4v) is 2.42. The lowest BCUT2D eigenvalue weighted by molar-refractivity contribution is 1.09. The molecule has 0 aliphatic rings. The van der Waals surface area contributed by atoms with Crippen LogP contribution in [0.4, 0.5) is 5.69 Å². The molecule has 3 heterocycles. The number of H-pyrrole nitrogens is 2. The van der Waals surface area contributed by atoms with Crippen LogP contribution in [-0.2, 0) is 6.54 Å². The van der Waals surface area contributed by atoms with E-state index in [0.717, 1.165) is 22.4 Å². The van der Waals surface area contributed by atoms with Crippen LogP contribution in [0.2, 0.25) is 0 Å². The van der Waals surface area contributed by atoms with Crippen molar-refractivity contribution in [2.75, 3.05) is 5.32 Å². The molecule has 118 valence electrons. The van der Waals surface area contributed by atoms with Crippen molar-refractivity contribution in [2.24, 2.45) is 0 Å². The SMILES string of the molecule is c1cncc(-c2n[nH]c(-c3ccccc3NCc3cn[nH]c3)n2)c1. The fraction of sp³-hybridized carbons (Fsp3) is 0.0588. The molecule has 4 rings (SSSR count). The summed E-state index contributed by atoms with van der Waals surface area (Å²) in [6.07, 6.45) is 7.14. The number of pyridine rings is 1. The first-order chi connectivity index (χ1) is 11.9. The van der Waals surface area contributed by atoms with Crippen molar-refractivity contribution in [1.29, 1.82) is 0 Å². The molecule has 0 saturated carbocycles. The Hall–Kier alpha value is -3.48. The first-order valence-corrected chi connectivity index (χ1v) is 7.54. The highest BCUT2D eigenvalue weighted by molar-refractivity contribution is 5.74. The number of aromatic nitrogens is 6. The lowest BCUT2D eigenvalue weighted by atomic mass is 10.1. The fourth-order valence-electron chi connectivity index (χ4n) is 2.42. The van der Waals surface area contributed by atoms with Gasteiger partial charge in [0.25, 0.3) is 0 Å². The van der Waals surface area contributed by atoms with Crippen LogP contribution >= 0.6 is 0 Å². The first-order valence-electron chi connectivity index (χ1n) is 7.54. The van der Waals surface area contributed by atoms with Gasteiger partial charge in [0.1, 0.15) is 0 Å². The van der Waals surface area contributed by atoms with E-state index in [0.29, 0.717) is 18.2 Å². The molecule has 0 bridgehead atoms. The van der Waals surface area contributed by atoms with E-state index in [1.54, 1.807) is 18.6 Å². The topological polar surface area (TPSA) is 95.2 Å². The van der Waals surface area contributed by atoms with Gasteiger partial charge in [0, 0.05) is 47.5 Å². The normalized spacial score (nSPS) is 10.7. The van der Waals surface area contributed by atoms with Crippen molar-refractivity contribution < 1.29 is 0 Å². The minimum Gasteiger partial charge on any atom is -0.380 e. The van der Waals surface area contributed by atoms with Gasteiger partial charge >= 0.3 is 0 Å². The van der Waals surface area contributed by atoms with Gasteiger partial charge < -0.3 is 5.32 Å². The molecule has 0 amide bonds. The van der Waals surface area contributed by atoms with E-state index in [2.05, 4.69) is 35.7 Å². The van der Waals surface area contributed by atoms with E-state index in [4.69, 9.17) is 0 Å². The molecule has 4 aromatic rings. The van der Waals surface area contributed by atoms with E-state index in [9.17, 15) is 0 Å². The van der Waals surface area contributed by atoms with Gasteiger partial charge in [0.15, 0.2) is 11.6 Å². The van der Waals surface area contributed by atoms with Crippen LogP contribution in [0.15, 0.2) is 61.2 Å². The molecule has 0 fully saturated rings. The van der Waals surface area contributed by atoms with E-state index >= 15 is 0 Å². The molecule has 0 aliphatic carbocycles. The molecule has 0 saturated heterocycles. The van der Waals surface area contributed by atoms with Gasteiger partial charge in [-0.25, -0.2) is 4.98 Å². The zero-order valence-corrected chi connectivity index (χ0v) is 12.8. The first kappa shape index (κ1) is 14.1. The lowest BCUT2D eigenvalue weighted by Crippen LogP contribution is -2.00. The average molecular weight is 317 g/mol. The summed E-state index contributed by atoms with van der Waals surface area (Å²) in [6.45, 7) is 0.678. The Morgan fingerprint density at radius 2 is 2.00 bits per heavy atom. The zero-order chi connectivity index (χ0) is 16.2. The molecule has 1 aromatic carbocycles. The molecule has 7 nitrogen and oxygen atoms in total. The number of aromatic amines is 2. The summed E-state index contributed by atoms with van der Waals surface area (Å²) >= 11 is 0. The van der Waals surface area contributed by atoms with Crippen LogP contribution in [0.5, 0.6) is 0 Å². The third-order valence-corrected chi connectivity index (χ3v) is 3.63. The van der Waals surface area contributed by atoms with Crippen molar-refractivity contribution in [3.63, 3.8) is 0 Å². The third-order valence-electron chi connectivity index (χ3n) is 3.63. The molecule has 0 aliphatic heterocycles. The highest BCUT2D eigenvalue weighted by atomic mass is 15.2. The van der Waals surface area contributed by atoms with Gasteiger partial charge in [-0.1, -0.05) is 12.1 Å². The predicted molar refractivity (Wildman–Crippen MR) is 91.0 cm³/mol. The van der Waals surface area contributed by atoms with E-state index in [1.807, 2.05) is 42.6 Å². The monoisotopic (exact) mass is 317 g/mol.